The molecule has 1 fully saturated rings. The van der Waals surface area contributed by atoms with E-state index >= 15 is 0 Å². The van der Waals surface area contributed by atoms with E-state index in [2.05, 4.69) is 15.3 Å². The number of nitrogens with zero attached hydrogens (tertiary/aromatic N) is 3. The summed E-state index contributed by atoms with van der Waals surface area (Å²) in [7, 11) is 0. The van der Waals surface area contributed by atoms with Crippen LogP contribution < -0.4 is 5.32 Å². The standard InChI is InChI=1S/C22H22N4O2S/c27-20(13-19-15-29-22(25-19)17-7-4-10-23-14-17)26-11-8-18(9-12-26)24-21(28)16-5-2-1-3-6-16/h1-7,10,14-15,18H,8-9,11-13H2,(H,24,28). The van der Waals surface area contributed by atoms with Gasteiger partial charge in [0.1, 0.15) is 5.01 Å². The van der Waals surface area contributed by atoms with E-state index in [1.54, 1.807) is 12.4 Å². The second kappa shape index (κ2) is 8.96. The number of aromatic nitrogens is 2. The van der Waals surface area contributed by atoms with Crippen molar-refractivity contribution in [1.82, 2.24) is 20.2 Å². The number of benzene rings is 1. The van der Waals surface area contributed by atoms with Crippen molar-refractivity contribution >= 4 is 23.2 Å². The molecule has 2 aromatic heterocycles. The van der Waals surface area contributed by atoms with Gasteiger partial charge in [-0.25, -0.2) is 4.98 Å². The molecule has 7 heteroatoms. The number of thiazole rings is 1. The van der Waals surface area contributed by atoms with Crippen LogP contribution in [0.25, 0.3) is 10.6 Å². The van der Waals surface area contributed by atoms with E-state index in [1.165, 1.54) is 11.3 Å². The summed E-state index contributed by atoms with van der Waals surface area (Å²) in [5.41, 5.74) is 2.42. The number of nitrogens with one attached hydrogen (secondary N) is 1. The van der Waals surface area contributed by atoms with Crippen LogP contribution in [0.2, 0.25) is 0 Å². The summed E-state index contributed by atoms with van der Waals surface area (Å²) in [6.45, 7) is 1.30. The van der Waals surface area contributed by atoms with Gasteiger partial charge in [-0.3, -0.25) is 14.6 Å². The van der Waals surface area contributed by atoms with Gasteiger partial charge < -0.3 is 10.2 Å². The maximum Gasteiger partial charge on any atom is 0.251 e. The van der Waals surface area contributed by atoms with Crippen molar-refractivity contribution in [2.75, 3.05) is 13.1 Å². The van der Waals surface area contributed by atoms with Crippen LogP contribution in [0.15, 0.2) is 60.2 Å². The number of rotatable bonds is 5. The van der Waals surface area contributed by atoms with E-state index in [4.69, 9.17) is 0 Å². The first-order valence-corrected chi connectivity index (χ1v) is 10.6. The third-order valence-corrected chi connectivity index (χ3v) is 5.95. The summed E-state index contributed by atoms with van der Waals surface area (Å²) < 4.78 is 0. The van der Waals surface area contributed by atoms with Crippen molar-refractivity contribution < 1.29 is 9.59 Å². The van der Waals surface area contributed by atoms with E-state index in [-0.39, 0.29) is 17.9 Å². The van der Waals surface area contributed by atoms with Crippen molar-refractivity contribution in [2.45, 2.75) is 25.3 Å². The normalized spacial score (nSPS) is 14.6. The predicted molar refractivity (Wildman–Crippen MR) is 113 cm³/mol. The SMILES string of the molecule is O=C(NC1CCN(C(=O)Cc2csc(-c3cccnc3)n2)CC1)c1ccccc1. The smallest absolute Gasteiger partial charge is 0.251 e. The molecule has 1 aromatic carbocycles. The van der Waals surface area contributed by atoms with E-state index in [1.807, 2.05) is 52.7 Å². The van der Waals surface area contributed by atoms with Crippen LogP contribution in [0.3, 0.4) is 0 Å². The zero-order valence-corrected chi connectivity index (χ0v) is 16.8. The van der Waals surface area contributed by atoms with Crippen molar-refractivity contribution in [3.05, 3.63) is 71.5 Å². The molecule has 0 saturated carbocycles. The monoisotopic (exact) mass is 406 g/mol. The van der Waals surface area contributed by atoms with Gasteiger partial charge in [0.05, 0.1) is 12.1 Å². The Morgan fingerprint density at radius 2 is 1.90 bits per heavy atom. The van der Waals surface area contributed by atoms with Crippen molar-refractivity contribution in [2.24, 2.45) is 0 Å². The number of hydrogen-bond donors (Lipinski definition) is 1. The molecule has 0 spiro atoms. The number of hydrogen-bond acceptors (Lipinski definition) is 5. The minimum atomic E-state index is -0.0548. The van der Waals surface area contributed by atoms with Gasteiger partial charge in [-0.05, 0) is 37.1 Å². The fourth-order valence-corrected chi connectivity index (χ4v) is 4.22. The quantitative estimate of drug-likeness (QED) is 0.706. The van der Waals surface area contributed by atoms with Crippen LogP contribution in [0, 0.1) is 0 Å². The van der Waals surface area contributed by atoms with E-state index in [9.17, 15) is 9.59 Å². The lowest BCUT2D eigenvalue weighted by Gasteiger charge is -2.32. The molecule has 1 aliphatic heterocycles. The highest BCUT2D eigenvalue weighted by molar-refractivity contribution is 7.13. The lowest BCUT2D eigenvalue weighted by Crippen LogP contribution is -2.47. The Bertz CT molecular complexity index is 967. The molecule has 3 aromatic rings. The molecule has 0 radical (unpaired) electrons. The topological polar surface area (TPSA) is 75.2 Å². The van der Waals surface area contributed by atoms with Crippen molar-refractivity contribution in [3.8, 4) is 10.6 Å². The Labute approximate surface area is 173 Å². The van der Waals surface area contributed by atoms with Crippen LogP contribution in [0.4, 0.5) is 0 Å². The van der Waals surface area contributed by atoms with Crippen LogP contribution in [-0.2, 0) is 11.2 Å². The van der Waals surface area contributed by atoms with E-state index in [0.29, 0.717) is 25.1 Å². The summed E-state index contributed by atoms with van der Waals surface area (Å²) in [5, 5.41) is 5.89. The molecule has 6 nitrogen and oxygen atoms in total. The molecule has 1 aliphatic rings. The Morgan fingerprint density at radius 1 is 1.10 bits per heavy atom. The Hall–Kier alpha value is -3.06. The van der Waals surface area contributed by atoms with Crippen molar-refractivity contribution in [1.29, 1.82) is 0 Å². The molecule has 0 bridgehead atoms. The molecule has 4 rings (SSSR count). The second-order valence-corrected chi connectivity index (χ2v) is 7.92. The Morgan fingerprint density at radius 3 is 2.62 bits per heavy atom. The number of carbonyl (C=O) groups excluding carboxylic acids is 2. The summed E-state index contributed by atoms with van der Waals surface area (Å²) in [6, 6.07) is 13.2. The van der Waals surface area contributed by atoms with Gasteiger partial charge in [0.2, 0.25) is 5.91 Å². The molecular formula is C22H22N4O2S. The van der Waals surface area contributed by atoms with Crippen LogP contribution >= 0.6 is 11.3 Å². The summed E-state index contributed by atoms with van der Waals surface area (Å²) >= 11 is 1.53. The first-order chi connectivity index (χ1) is 14.2. The molecule has 1 saturated heterocycles. The highest BCUT2D eigenvalue weighted by Gasteiger charge is 2.24. The lowest BCUT2D eigenvalue weighted by atomic mass is 10.0. The first-order valence-electron chi connectivity index (χ1n) is 9.67. The molecule has 148 valence electrons. The average molecular weight is 407 g/mol. The fraction of sp³-hybridized carbons (Fsp3) is 0.273. The molecule has 0 aliphatic carbocycles. The molecule has 3 heterocycles. The van der Waals surface area contributed by atoms with Gasteiger partial charge in [0.15, 0.2) is 0 Å². The van der Waals surface area contributed by atoms with Gasteiger partial charge >= 0.3 is 0 Å². The van der Waals surface area contributed by atoms with Gasteiger partial charge in [0.25, 0.3) is 5.91 Å². The molecule has 1 N–H and O–H groups in total. The lowest BCUT2D eigenvalue weighted by molar-refractivity contribution is -0.131. The predicted octanol–water partition coefficient (Wildman–Crippen LogP) is 3.17. The molecule has 2 amide bonds. The van der Waals surface area contributed by atoms with Crippen molar-refractivity contribution in [3.63, 3.8) is 0 Å². The number of likely N-dealkylation sites (tertiary alicyclic amines) is 1. The Kier molecular flexibility index (Phi) is 5.95. The number of carbonyl (C=O) groups is 2. The Balaban J connectivity index is 1.27. The number of pyridine rings is 1. The molecule has 29 heavy (non-hydrogen) atoms. The van der Waals surface area contributed by atoms with E-state index < -0.39 is 0 Å². The minimum absolute atomic E-state index is 0.0548. The zero-order valence-electron chi connectivity index (χ0n) is 16.0. The summed E-state index contributed by atoms with van der Waals surface area (Å²) in [5.74, 6) is 0.0293. The van der Waals surface area contributed by atoms with Gasteiger partial charge in [0, 0.05) is 48.0 Å². The van der Waals surface area contributed by atoms with Gasteiger partial charge in [-0.1, -0.05) is 18.2 Å². The third kappa shape index (κ3) is 4.86. The van der Waals surface area contributed by atoms with Gasteiger partial charge in [-0.2, -0.15) is 0 Å². The number of piperidine rings is 1. The molecule has 0 unspecified atom stereocenters. The van der Waals surface area contributed by atoms with Crippen LogP contribution in [-0.4, -0.2) is 45.8 Å². The van der Waals surface area contributed by atoms with Gasteiger partial charge in [-0.15, -0.1) is 11.3 Å². The first kappa shape index (κ1) is 19.3. The fourth-order valence-electron chi connectivity index (χ4n) is 3.41. The van der Waals surface area contributed by atoms with Crippen LogP contribution in [0.1, 0.15) is 28.9 Å². The van der Waals surface area contributed by atoms with E-state index in [0.717, 1.165) is 29.1 Å². The zero-order chi connectivity index (χ0) is 20.1. The third-order valence-electron chi connectivity index (χ3n) is 5.01. The second-order valence-electron chi connectivity index (χ2n) is 7.06. The molecular weight excluding hydrogens is 384 g/mol. The average Bonchev–Trinajstić information content (AvgIpc) is 3.24. The highest BCUT2D eigenvalue weighted by atomic mass is 32.1. The summed E-state index contributed by atoms with van der Waals surface area (Å²) in [6.07, 6.45) is 5.34. The minimum Gasteiger partial charge on any atom is -0.349 e. The summed E-state index contributed by atoms with van der Waals surface area (Å²) in [4.78, 5) is 35.5. The highest BCUT2D eigenvalue weighted by Crippen LogP contribution is 2.23. The molecule has 0 atom stereocenters. The van der Waals surface area contributed by atoms with Crippen LogP contribution in [0.5, 0.6) is 0 Å². The number of amides is 2. The maximum absolute atomic E-state index is 12.7. The maximum atomic E-state index is 12.7. The largest absolute Gasteiger partial charge is 0.349 e.